The Morgan fingerprint density at radius 1 is 0.793 bits per heavy atom. The molecule has 0 bridgehead atoms. The van der Waals surface area contributed by atoms with E-state index in [9.17, 15) is 9.59 Å². The van der Waals surface area contributed by atoms with Gasteiger partial charge in [0.15, 0.2) is 5.75 Å². The molecule has 1 aromatic rings. The fourth-order valence-electron chi connectivity index (χ4n) is 2.95. The second-order valence-electron chi connectivity index (χ2n) is 7.30. The summed E-state index contributed by atoms with van der Waals surface area (Å²) in [6.07, 6.45) is 13.2. The van der Waals surface area contributed by atoms with Gasteiger partial charge in [0.25, 0.3) is 0 Å². The summed E-state index contributed by atoms with van der Waals surface area (Å²) < 4.78 is 10.4. The normalized spacial score (nSPS) is 10.7. The molecule has 1 aromatic carbocycles. The summed E-state index contributed by atoms with van der Waals surface area (Å²) in [4.78, 5) is 23.6. The molecule has 164 valence electrons. The average molecular weight is 445 g/mol. The van der Waals surface area contributed by atoms with Crippen molar-refractivity contribution in [3.8, 4) is 5.75 Å². The van der Waals surface area contributed by atoms with E-state index < -0.39 is 5.97 Å². The molecule has 4 nitrogen and oxygen atoms in total. The third kappa shape index (κ3) is 13.6. The molecule has 29 heavy (non-hydrogen) atoms. The predicted molar refractivity (Wildman–Crippen MR) is 119 cm³/mol. The second kappa shape index (κ2) is 16.5. The maximum Gasteiger partial charge on any atom is 0.311 e. The van der Waals surface area contributed by atoms with Crippen LogP contribution in [0.1, 0.15) is 90.4 Å². The molecule has 0 aliphatic carbocycles. The van der Waals surface area contributed by atoms with E-state index in [1.165, 1.54) is 57.4 Å². The lowest BCUT2D eigenvalue weighted by Gasteiger charge is -2.07. The summed E-state index contributed by atoms with van der Waals surface area (Å²) >= 11 is 11.8. The zero-order chi connectivity index (χ0) is 21.3. The molecular weight excluding hydrogens is 411 g/mol. The first-order valence-electron chi connectivity index (χ1n) is 10.8. The average Bonchev–Trinajstić information content (AvgIpc) is 2.69. The van der Waals surface area contributed by atoms with Gasteiger partial charge in [0.05, 0.1) is 11.6 Å². The first-order valence-corrected chi connectivity index (χ1v) is 11.6. The molecule has 0 aliphatic rings. The first kappa shape index (κ1) is 25.8. The highest BCUT2D eigenvalue weighted by Gasteiger charge is 2.11. The molecule has 6 heteroatoms. The number of carbonyl (C=O) groups excluding carboxylic acids is 2. The minimum Gasteiger partial charge on any atom is -0.466 e. The molecule has 0 radical (unpaired) electrons. The highest BCUT2D eigenvalue weighted by Crippen LogP contribution is 2.28. The minimum absolute atomic E-state index is 0.121. The molecule has 0 N–H and O–H groups in total. The molecule has 0 spiro atoms. The fourth-order valence-corrected chi connectivity index (χ4v) is 3.27. The van der Waals surface area contributed by atoms with E-state index in [2.05, 4.69) is 6.92 Å². The number of hydrogen-bond donors (Lipinski definition) is 0. The quantitative estimate of drug-likeness (QED) is 0.150. The van der Waals surface area contributed by atoms with E-state index in [0.29, 0.717) is 23.1 Å². The van der Waals surface area contributed by atoms with E-state index in [-0.39, 0.29) is 24.6 Å². The molecule has 0 aromatic heterocycles. The van der Waals surface area contributed by atoms with Crippen LogP contribution in [0.25, 0.3) is 0 Å². The monoisotopic (exact) mass is 444 g/mol. The third-order valence-corrected chi connectivity index (χ3v) is 5.19. The molecule has 0 atom stereocenters. The Hall–Kier alpha value is -1.26. The lowest BCUT2D eigenvalue weighted by atomic mass is 10.1. The predicted octanol–water partition coefficient (Wildman–Crippen LogP) is 7.53. The van der Waals surface area contributed by atoms with Crippen molar-refractivity contribution in [1.82, 2.24) is 0 Å². The lowest BCUT2D eigenvalue weighted by molar-refractivity contribution is -0.144. The highest BCUT2D eigenvalue weighted by atomic mass is 35.5. The zero-order valence-electron chi connectivity index (χ0n) is 17.5. The van der Waals surface area contributed by atoms with Gasteiger partial charge in [0.2, 0.25) is 0 Å². The number of unbranched alkanes of at least 4 members (excludes halogenated alkanes) is 9. The van der Waals surface area contributed by atoms with Crippen LogP contribution < -0.4 is 4.74 Å². The van der Waals surface area contributed by atoms with Gasteiger partial charge < -0.3 is 9.47 Å². The number of carbonyl (C=O) groups is 2. The Labute approximate surface area is 185 Å². The number of rotatable bonds is 16. The molecule has 0 unspecified atom stereocenters. The standard InChI is InChI=1S/C23H34Cl2O4/c1-2-3-4-5-6-7-8-9-10-11-17-28-22(26)13-12-14-23(27)29-21-18-19(24)15-16-20(21)25/h15-16,18H,2-14,17H2,1H3. The van der Waals surface area contributed by atoms with Gasteiger partial charge in [-0.2, -0.15) is 0 Å². The number of benzene rings is 1. The summed E-state index contributed by atoms with van der Waals surface area (Å²) in [6, 6.07) is 4.67. The number of hydrogen-bond acceptors (Lipinski definition) is 4. The number of ether oxygens (including phenoxy) is 2. The van der Waals surface area contributed by atoms with Gasteiger partial charge in [0, 0.05) is 23.9 Å². The van der Waals surface area contributed by atoms with Crippen molar-refractivity contribution in [2.75, 3.05) is 6.61 Å². The van der Waals surface area contributed by atoms with Crippen molar-refractivity contribution in [1.29, 1.82) is 0 Å². The molecule has 0 saturated carbocycles. The van der Waals surface area contributed by atoms with Gasteiger partial charge in [-0.1, -0.05) is 87.9 Å². The Balaban J connectivity index is 1.97. The van der Waals surface area contributed by atoms with Crippen molar-refractivity contribution in [2.45, 2.75) is 90.4 Å². The summed E-state index contributed by atoms with van der Waals surface area (Å²) in [5.74, 6) is -0.487. The maximum absolute atomic E-state index is 11.8. The van der Waals surface area contributed by atoms with Gasteiger partial charge in [-0.3, -0.25) is 9.59 Å². The Kier molecular flexibility index (Phi) is 14.7. The van der Waals surface area contributed by atoms with Crippen LogP contribution in [0, 0.1) is 0 Å². The molecule has 0 amide bonds. The molecule has 0 saturated heterocycles. The Morgan fingerprint density at radius 2 is 1.38 bits per heavy atom. The topological polar surface area (TPSA) is 52.6 Å². The summed E-state index contributed by atoms with van der Waals surface area (Å²) in [5, 5.41) is 0.756. The molecule has 0 fully saturated rings. The van der Waals surface area contributed by atoms with E-state index in [0.717, 1.165) is 12.8 Å². The number of halogens is 2. The van der Waals surface area contributed by atoms with E-state index in [1.54, 1.807) is 12.1 Å². The van der Waals surface area contributed by atoms with E-state index >= 15 is 0 Å². The van der Waals surface area contributed by atoms with Crippen LogP contribution in [0.4, 0.5) is 0 Å². The van der Waals surface area contributed by atoms with Crippen LogP contribution in [0.15, 0.2) is 18.2 Å². The zero-order valence-corrected chi connectivity index (χ0v) is 19.0. The summed E-state index contributed by atoms with van der Waals surface area (Å²) in [6.45, 7) is 2.69. The third-order valence-electron chi connectivity index (χ3n) is 4.64. The Bertz CT molecular complexity index is 605. The first-order chi connectivity index (χ1) is 14.0. The van der Waals surface area contributed by atoms with E-state index in [1.807, 2.05) is 0 Å². The smallest absolute Gasteiger partial charge is 0.311 e. The van der Waals surface area contributed by atoms with Crippen LogP contribution >= 0.6 is 23.2 Å². The van der Waals surface area contributed by atoms with Gasteiger partial charge in [0.1, 0.15) is 0 Å². The molecule has 0 heterocycles. The SMILES string of the molecule is CCCCCCCCCCCCOC(=O)CCCC(=O)Oc1cc(Cl)ccc1Cl. The second-order valence-corrected chi connectivity index (χ2v) is 8.15. The highest BCUT2D eigenvalue weighted by molar-refractivity contribution is 6.34. The number of esters is 2. The van der Waals surface area contributed by atoms with Crippen molar-refractivity contribution in [3.63, 3.8) is 0 Å². The van der Waals surface area contributed by atoms with Gasteiger partial charge in [-0.05, 0) is 25.0 Å². The van der Waals surface area contributed by atoms with Crippen molar-refractivity contribution >= 4 is 35.1 Å². The van der Waals surface area contributed by atoms with Crippen molar-refractivity contribution < 1.29 is 19.1 Å². The molecule has 0 aliphatic heterocycles. The van der Waals surface area contributed by atoms with Crippen molar-refractivity contribution in [2.24, 2.45) is 0 Å². The van der Waals surface area contributed by atoms with Crippen molar-refractivity contribution in [3.05, 3.63) is 28.2 Å². The molecular formula is C23H34Cl2O4. The van der Waals surface area contributed by atoms with Crippen LogP contribution in [0.2, 0.25) is 10.0 Å². The fraction of sp³-hybridized carbons (Fsp3) is 0.652. The maximum atomic E-state index is 11.8. The van der Waals surface area contributed by atoms with Gasteiger partial charge >= 0.3 is 11.9 Å². The van der Waals surface area contributed by atoms with E-state index in [4.69, 9.17) is 32.7 Å². The van der Waals surface area contributed by atoms with Crippen LogP contribution in [-0.2, 0) is 14.3 Å². The van der Waals surface area contributed by atoms with Crippen LogP contribution in [0.3, 0.4) is 0 Å². The lowest BCUT2D eigenvalue weighted by Crippen LogP contribution is -2.10. The summed E-state index contributed by atoms with van der Waals surface area (Å²) in [7, 11) is 0. The minimum atomic E-state index is -0.448. The van der Waals surface area contributed by atoms with Crippen LogP contribution in [0.5, 0.6) is 5.75 Å². The van der Waals surface area contributed by atoms with Gasteiger partial charge in [-0.25, -0.2) is 0 Å². The largest absolute Gasteiger partial charge is 0.466 e. The van der Waals surface area contributed by atoms with Crippen LogP contribution in [-0.4, -0.2) is 18.5 Å². The summed E-state index contributed by atoms with van der Waals surface area (Å²) in [5.41, 5.74) is 0. The Morgan fingerprint density at radius 3 is 2.03 bits per heavy atom. The van der Waals surface area contributed by atoms with Gasteiger partial charge in [-0.15, -0.1) is 0 Å². The molecule has 1 rings (SSSR count).